The molecule has 5 heteroatoms. The van der Waals surface area contributed by atoms with E-state index >= 15 is 0 Å². The molecule has 4 aromatic rings. The number of rotatable bonds is 3. The fraction of sp³-hybridized carbons (Fsp3) is 0.167. The van der Waals surface area contributed by atoms with Crippen molar-refractivity contribution in [2.45, 2.75) is 13.8 Å². The van der Waals surface area contributed by atoms with E-state index in [9.17, 15) is 0 Å². The summed E-state index contributed by atoms with van der Waals surface area (Å²) in [5.74, 6) is 0.903. The molecule has 0 saturated carbocycles. The van der Waals surface area contributed by atoms with Crippen molar-refractivity contribution in [1.29, 1.82) is 0 Å². The zero-order valence-electron chi connectivity index (χ0n) is 12.8. The van der Waals surface area contributed by atoms with Crippen LogP contribution in [-0.4, -0.2) is 16.0 Å². The Hall–Kier alpha value is -2.04. The van der Waals surface area contributed by atoms with Crippen LogP contribution in [0.2, 0.25) is 5.02 Å². The van der Waals surface area contributed by atoms with Crippen LogP contribution in [0.1, 0.15) is 12.6 Å². The number of aryl methyl sites for hydroxylation is 1. The van der Waals surface area contributed by atoms with Crippen molar-refractivity contribution in [2.75, 3.05) is 6.61 Å². The summed E-state index contributed by atoms with van der Waals surface area (Å²) in [4.78, 5) is 5.82. The number of hydrogen-bond acceptors (Lipinski definition) is 3. The first kappa shape index (κ1) is 14.5. The van der Waals surface area contributed by atoms with Crippen molar-refractivity contribution in [3.8, 4) is 17.0 Å². The monoisotopic (exact) mass is 342 g/mol. The number of hydrogen-bond donors (Lipinski definition) is 0. The molecule has 4 rings (SSSR count). The molecule has 116 valence electrons. The third-order valence-electron chi connectivity index (χ3n) is 3.88. The second-order valence-corrected chi connectivity index (χ2v) is 6.78. The van der Waals surface area contributed by atoms with Crippen molar-refractivity contribution in [1.82, 2.24) is 9.38 Å². The average molecular weight is 343 g/mol. The minimum atomic E-state index is 0.674. The van der Waals surface area contributed by atoms with Gasteiger partial charge in [-0.25, -0.2) is 4.98 Å². The van der Waals surface area contributed by atoms with Crippen LogP contribution in [0, 0.1) is 6.92 Å². The van der Waals surface area contributed by atoms with Gasteiger partial charge in [0.25, 0.3) is 0 Å². The number of thiazole rings is 1. The van der Waals surface area contributed by atoms with E-state index in [2.05, 4.69) is 23.5 Å². The van der Waals surface area contributed by atoms with Crippen LogP contribution in [0.5, 0.6) is 5.75 Å². The van der Waals surface area contributed by atoms with Gasteiger partial charge in [-0.1, -0.05) is 35.1 Å². The van der Waals surface area contributed by atoms with E-state index in [1.54, 1.807) is 11.3 Å². The Morgan fingerprint density at radius 2 is 1.96 bits per heavy atom. The molecule has 0 radical (unpaired) electrons. The zero-order chi connectivity index (χ0) is 16.0. The van der Waals surface area contributed by atoms with Crippen LogP contribution in [0.4, 0.5) is 0 Å². The standard InChI is InChI=1S/C18H15ClN2OS/c1-3-22-14-8-9-15-16(10-14)23-18-20-17(11(2)21(15)18)12-4-6-13(19)7-5-12/h4-10H,3H2,1-2H3. The van der Waals surface area contributed by atoms with Gasteiger partial charge < -0.3 is 4.74 Å². The molecule has 0 aliphatic carbocycles. The number of imidazole rings is 1. The molecular weight excluding hydrogens is 328 g/mol. The molecule has 2 aromatic carbocycles. The molecule has 0 amide bonds. The van der Waals surface area contributed by atoms with Crippen LogP contribution >= 0.6 is 22.9 Å². The first-order valence-electron chi connectivity index (χ1n) is 7.47. The van der Waals surface area contributed by atoms with Gasteiger partial charge in [-0.15, -0.1) is 0 Å². The molecule has 0 spiro atoms. The first-order chi connectivity index (χ1) is 11.2. The molecule has 0 atom stereocenters. The van der Waals surface area contributed by atoms with E-state index in [1.165, 1.54) is 10.2 Å². The van der Waals surface area contributed by atoms with E-state index in [0.717, 1.165) is 32.7 Å². The quantitative estimate of drug-likeness (QED) is 0.486. The molecule has 2 heterocycles. The topological polar surface area (TPSA) is 26.5 Å². The van der Waals surface area contributed by atoms with E-state index in [4.69, 9.17) is 21.3 Å². The molecule has 0 N–H and O–H groups in total. The van der Waals surface area contributed by atoms with E-state index in [0.29, 0.717) is 6.61 Å². The summed E-state index contributed by atoms with van der Waals surface area (Å²) in [6, 6.07) is 14.0. The summed E-state index contributed by atoms with van der Waals surface area (Å²) in [6.45, 7) is 4.77. The summed E-state index contributed by atoms with van der Waals surface area (Å²) < 4.78 is 8.98. The molecular formula is C18H15ClN2OS. The number of nitrogens with zero attached hydrogens (tertiary/aromatic N) is 2. The van der Waals surface area contributed by atoms with Gasteiger partial charge in [0.2, 0.25) is 0 Å². The Kier molecular flexibility index (Phi) is 3.51. The Morgan fingerprint density at radius 3 is 2.70 bits per heavy atom. The summed E-state index contributed by atoms with van der Waals surface area (Å²) in [6.07, 6.45) is 0. The van der Waals surface area contributed by atoms with Gasteiger partial charge in [0.05, 0.1) is 22.5 Å². The number of benzene rings is 2. The second kappa shape index (κ2) is 5.55. The smallest absolute Gasteiger partial charge is 0.195 e. The van der Waals surface area contributed by atoms with Gasteiger partial charge in [-0.05, 0) is 44.2 Å². The molecule has 0 aliphatic rings. The fourth-order valence-corrected chi connectivity index (χ4v) is 4.05. The maximum absolute atomic E-state index is 5.98. The highest BCUT2D eigenvalue weighted by atomic mass is 35.5. The van der Waals surface area contributed by atoms with Gasteiger partial charge in [0.15, 0.2) is 4.96 Å². The van der Waals surface area contributed by atoms with Gasteiger partial charge in [0, 0.05) is 16.3 Å². The van der Waals surface area contributed by atoms with E-state index < -0.39 is 0 Å². The van der Waals surface area contributed by atoms with Crippen molar-refractivity contribution in [2.24, 2.45) is 0 Å². The maximum atomic E-state index is 5.98. The van der Waals surface area contributed by atoms with Crippen LogP contribution in [0.25, 0.3) is 26.4 Å². The molecule has 0 bridgehead atoms. The zero-order valence-corrected chi connectivity index (χ0v) is 14.4. The highest BCUT2D eigenvalue weighted by Crippen LogP contribution is 2.34. The fourth-order valence-electron chi connectivity index (χ4n) is 2.83. The van der Waals surface area contributed by atoms with E-state index in [-0.39, 0.29) is 0 Å². The minimum absolute atomic E-state index is 0.674. The van der Waals surface area contributed by atoms with Gasteiger partial charge >= 0.3 is 0 Å². The number of fused-ring (bicyclic) bond motifs is 3. The normalized spacial score (nSPS) is 11.4. The van der Waals surface area contributed by atoms with Crippen LogP contribution in [-0.2, 0) is 0 Å². The summed E-state index contributed by atoms with van der Waals surface area (Å²) in [5.41, 5.74) is 4.39. The number of halogens is 1. The largest absolute Gasteiger partial charge is 0.494 e. The van der Waals surface area contributed by atoms with Crippen molar-refractivity contribution < 1.29 is 4.74 Å². The first-order valence-corrected chi connectivity index (χ1v) is 8.67. The van der Waals surface area contributed by atoms with Crippen LogP contribution < -0.4 is 4.74 Å². The lowest BCUT2D eigenvalue weighted by molar-refractivity contribution is 0.341. The van der Waals surface area contributed by atoms with Crippen LogP contribution in [0.3, 0.4) is 0 Å². The minimum Gasteiger partial charge on any atom is -0.494 e. The lowest BCUT2D eigenvalue weighted by atomic mass is 10.1. The number of ether oxygens (including phenoxy) is 1. The Morgan fingerprint density at radius 1 is 1.17 bits per heavy atom. The average Bonchev–Trinajstić information content (AvgIpc) is 3.05. The van der Waals surface area contributed by atoms with Gasteiger partial charge in [-0.2, -0.15) is 0 Å². The SMILES string of the molecule is CCOc1ccc2c(c1)sc1nc(-c3ccc(Cl)cc3)c(C)n12. The van der Waals surface area contributed by atoms with Gasteiger partial charge in [0.1, 0.15) is 5.75 Å². The molecule has 0 aliphatic heterocycles. The third kappa shape index (κ3) is 2.38. The summed E-state index contributed by atoms with van der Waals surface area (Å²) in [7, 11) is 0. The highest BCUT2D eigenvalue weighted by Gasteiger charge is 2.15. The van der Waals surface area contributed by atoms with Crippen molar-refractivity contribution in [3.05, 3.63) is 53.2 Å². The van der Waals surface area contributed by atoms with Crippen molar-refractivity contribution >= 4 is 38.1 Å². The van der Waals surface area contributed by atoms with Crippen LogP contribution in [0.15, 0.2) is 42.5 Å². The summed E-state index contributed by atoms with van der Waals surface area (Å²) in [5, 5.41) is 0.737. The number of aromatic nitrogens is 2. The molecule has 0 unspecified atom stereocenters. The van der Waals surface area contributed by atoms with E-state index in [1.807, 2.05) is 37.3 Å². The second-order valence-electron chi connectivity index (χ2n) is 5.34. The predicted octanol–water partition coefficient (Wildman–Crippen LogP) is 5.58. The summed E-state index contributed by atoms with van der Waals surface area (Å²) >= 11 is 7.66. The maximum Gasteiger partial charge on any atom is 0.195 e. The molecule has 2 aromatic heterocycles. The molecule has 3 nitrogen and oxygen atoms in total. The highest BCUT2D eigenvalue weighted by molar-refractivity contribution is 7.23. The van der Waals surface area contributed by atoms with Crippen molar-refractivity contribution in [3.63, 3.8) is 0 Å². The Labute approximate surface area is 143 Å². The molecule has 0 fully saturated rings. The van der Waals surface area contributed by atoms with Gasteiger partial charge in [-0.3, -0.25) is 4.40 Å². The predicted molar refractivity (Wildman–Crippen MR) is 96.9 cm³/mol. The Bertz CT molecular complexity index is 1000. The third-order valence-corrected chi connectivity index (χ3v) is 5.13. The lowest BCUT2D eigenvalue weighted by Gasteiger charge is -2.03. The Balaban J connectivity index is 1.90. The molecule has 0 saturated heterocycles. The lowest BCUT2D eigenvalue weighted by Crippen LogP contribution is -1.91. The molecule has 23 heavy (non-hydrogen) atoms.